The predicted molar refractivity (Wildman–Crippen MR) is 62.9 cm³/mol. The lowest BCUT2D eigenvalue weighted by Crippen LogP contribution is -2.39. The molecule has 4 heteroatoms. The van der Waals surface area contributed by atoms with Crippen LogP contribution in [0.5, 0.6) is 0 Å². The molecule has 1 aromatic rings. The Morgan fingerprint density at radius 3 is 3.12 bits per heavy atom. The van der Waals surface area contributed by atoms with Crippen LogP contribution in [0.25, 0.3) is 0 Å². The highest BCUT2D eigenvalue weighted by Gasteiger charge is 2.24. The Hall–Kier alpha value is -1.89. The molecule has 1 amide bonds. The van der Waals surface area contributed by atoms with Crippen LogP contribution in [-0.2, 0) is 11.2 Å². The van der Waals surface area contributed by atoms with Gasteiger partial charge in [0.05, 0.1) is 12.0 Å². The van der Waals surface area contributed by atoms with Gasteiger partial charge in [0.25, 0.3) is 0 Å². The molecular weight excluding hydrogens is 214 g/mol. The molecule has 0 radical (unpaired) electrons. The first-order valence-electron chi connectivity index (χ1n) is 5.86. The summed E-state index contributed by atoms with van der Waals surface area (Å²) in [6, 6.07) is 6.09. The average Bonchev–Trinajstić information content (AvgIpc) is 2.38. The van der Waals surface area contributed by atoms with Gasteiger partial charge in [-0.2, -0.15) is 5.26 Å². The van der Waals surface area contributed by atoms with E-state index in [0.717, 1.165) is 24.9 Å². The Balaban J connectivity index is 1.85. The number of piperidine rings is 1. The van der Waals surface area contributed by atoms with Crippen molar-refractivity contribution in [2.24, 2.45) is 5.92 Å². The summed E-state index contributed by atoms with van der Waals surface area (Å²) in [6.45, 7) is 1.43. The summed E-state index contributed by atoms with van der Waals surface area (Å²) in [5, 5.41) is 8.77. The maximum atomic E-state index is 11.7. The van der Waals surface area contributed by atoms with Crippen molar-refractivity contribution in [2.75, 3.05) is 13.1 Å². The highest BCUT2D eigenvalue weighted by Crippen LogP contribution is 2.17. The van der Waals surface area contributed by atoms with Gasteiger partial charge >= 0.3 is 0 Å². The third kappa shape index (κ3) is 3.04. The highest BCUT2D eigenvalue weighted by molar-refractivity contribution is 5.77. The minimum atomic E-state index is -0.0860. The monoisotopic (exact) mass is 229 g/mol. The molecule has 2 heterocycles. The fraction of sp³-hybridized carbons (Fsp3) is 0.462. The van der Waals surface area contributed by atoms with Crippen molar-refractivity contribution in [1.29, 1.82) is 5.26 Å². The van der Waals surface area contributed by atoms with E-state index in [2.05, 4.69) is 11.1 Å². The number of nitriles is 1. The standard InChI is InChI=1S/C13H15N3O/c14-9-12-4-7-16(13(17)8-12)6-3-11-2-1-5-15-10-11/h1-2,5,10,12H,3-4,6-8H2. The molecule has 1 aliphatic heterocycles. The number of carbonyl (C=O) groups excluding carboxylic acids is 1. The molecule has 17 heavy (non-hydrogen) atoms. The summed E-state index contributed by atoms with van der Waals surface area (Å²) in [6.07, 6.45) is 5.58. The van der Waals surface area contributed by atoms with Crippen LogP contribution < -0.4 is 0 Å². The third-order valence-electron chi connectivity index (χ3n) is 3.10. The summed E-state index contributed by atoms with van der Waals surface area (Å²) < 4.78 is 0. The van der Waals surface area contributed by atoms with Crippen LogP contribution in [0.3, 0.4) is 0 Å². The van der Waals surface area contributed by atoms with Gasteiger partial charge in [-0.15, -0.1) is 0 Å². The van der Waals surface area contributed by atoms with Gasteiger partial charge < -0.3 is 4.90 Å². The average molecular weight is 229 g/mol. The second kappa shape index (κ2) is 5.44. The van der Waals surface area contributed by atoms with Gasteiger partial charge in [-0.25, -0.2) is 0 Å². The second-order valence-electron chi connectivity index (χ2n) is 4.31. The zero-order chi connectivity index (χ0) is 12.1. The van der Waals surface area contributed by atoms with E-state index in [4.69, 9.17) is 5.26 Å². The molecule has 0 bridgehead atoms. The molecular formula is C13H15N3O. The number of hydrogen-bond acceptors (Lipinski definition) is 3. The molecule has 0 N–H and O–H groups in total. The minimum Gasteiger partial charge on any atom is -0.342 e. The first-order valence-corrected chi connectivity index (χ1v) is 5.86. The first-order chi connectivity index (χ1) is 8.29. The molecule has 0 saturated carbocycles. The smallest absolute Gasteiger partial charge is 0.223 e. The Morgan fingerprint density at radius 1 is 1.59 bits per heavy atom. The van der Waals surface area contributed by atoms with E-state index >= 15 is 0 Å². The van der Waals surface area contributed by atoms with Crippen LogP contribution in [0.1, 0.15) is 18.4 Å². The second-order valence-corrected chi connectivity index (χ2v) is 4.31. The SMILES string of the molecule is N#CC1CCN(CCc2cccnc2)C(=O)C1. The molecule has 1 fully saturated rings. The zero-order valence-electron chi connectivity index (χ0n) is 9.67. The molecule has 1 saturated heterocycles. The lowest BCUT2D eigenvalue weighted by Gasteiger charge is -2.29. The van der Waals surface area contributed by atoms with Crippen molar-refractivity contribution in [3.63, 3.8) is 0 Å². The molecule has 0 aliphatic carbocycles. The van der Waals surface area contributed by atoms with E-state index in [1.165, 1.54) is 0 Å². The van der Waals surface area contributed by atoms with E-state index in [1.54, 1.807) is 6.20 Å². The zero-order valence-corrected chi connectivity index (χ0v) is 9.67. The van der Waals surface area contributed by atoms with E-state index in [0.29, 0.717) is 13.0 Å². The summed E-state index contributed by atoms with van der Waals surface area (Å²) in [7, 11) is 0. The number of carbonyl (C=O) groups is 1. The minimum absolute atomic E-state index is 0.0860. The quantitative estimate of drug-likeness (QED) is 0.787. The summed E-state index contributed by atoms with van der Waals surface area (Å²) >= 11 is 0. The maximum Gasteiger partial charge on any atom is 0.223 e. The van der Waals surface area contributed by atoms with Gasteiger partial charge in [-0.1, -0.05) is 6.07 Å². The van der Waals surface area contributed by atoms with Crippen molar-refractivity contribution in [3.8, 4) is 6.07 Å². The fourth-order valence-electron chi connectivity index (χ4n) is 2.04. The number of rotatable bonds is 3. The van der Waals surface area contributed by atoms with Gasteiger partial charge in [0.1, 0.15) is 0 Å². The Labute approximate surface area is 101 Å². The number of hydrogen-bond donors (Lipinski definition) is 0. The first kappa shape index (κ1) is 11.6. The Morgan fingerprint density at radius 2 is 2.47 bits per heavy atom. The Kier molecular flexibility index (Phi) is 3.71. The van der Waals surface area contributed by atoms with Gasteiger partial charge in [0.15, 0.2) is 0 Å². The largest absolute Gasteiger partial charge is 0.342 e. The fourth-order valence-corrected chi connectivity index (χ4v) is 2.04. The number of aromatic nitrogens is 1. The predicted octanol–water partition coefficient (Wildman–Crippen LogP) is 1.39. The van der Waals surface area contributed by atoms with Crippen molar-refractivity contribution < 1.29 is 4.79 Å². The molecule has 1 aliphatic rings. The molecule has 0 spiro atoms. The highest BCUT2D eigenvalue weighted by atomic mass is 16.2. The number of nitrogens with zero attached hydrogens (tertiary/aromatic N) is 3. The van der Waals surface area contributed by atoms with Crippen molar-refractivity contribution in [3.05, 3.63) is 30.1 Å². The van der Waals surface area contributed by atoms with Crippen LogP contribution in [0.2, 0.25) is 0 Å². The lowest BCUT2D eigenvalue weighted by molar-refractivity contribution is -0.134. The van der Waals surface area contributed by atoms with Crippen LogP contribution in [0, 0.1) is 17.2 Å². The van der Waals surface area contributed by atoms with E-state index in [-0.39, 0.29) is 11.8 Å². The van der Waals surface area contributed by atoms with Gasteiger partial charge in [0, 0.05) is 31.9 Å². The number of likely N-dealkylation sites (tertiary alicyclic amines) is 1. The van der Waals surface area contributed by atoms with Crippen molar-refractivity contribution in [1.82, 2.24) is 9.88 Å². The molecule has 0 aromatic carbocycles. The van der Waals surface area contributed by atoms with Crippen molar-refractivity contribution >= 4 is 5.91 Å². The lowest BCUT2D eigenvalue weighted by atomic mass is 9.97. The molecule has 4 nitrogen and oxygen atoms in total. The van der Waals surface area contributed by atoms with Gasteiger partial charge in [0.2, 0.25) is 5.91 Å². The van der Waals surface area contributed by atoms with Gasteiger partial charge in [-0.3, -0.25) is 9.78 Å². The molecule has 1 unspecified atom stereocenters. The molecule has 1 aromatic heterocycles. The summed E-state index contributed by atoms with van der Waals surface area (Å²) in [5.41, 5.74) is 1.14. The number of amides is 1. The van der Waals surface area contributed by atoms with Crippen LogP contribution in [0.4, 0.5) is 0 Å². The van der Waals surface area contributed by atoms with Crippen LogP contribution in [0.15, 0.2) is 24.5 Å². The summed E-state index contributed by atoms with van der Waals surface area (Å²) in [4.78, 5) is 17.6. The Bertz CT molecular complexity index is 424. The van der Waals surface area contributed by atoms with Gasteiger partial charge in [-0.05, 0) is 24.5 Å². The number of pyridine rings is 1. The molecule has 1 atom stereocenters. The van der Waals surface area contributed by atoms with E-state index < -0.39 is 0 Å². The van der Waals surface area contributed by atoms with Crippen molar-refractivity contribution in [2.45, 2.75) is 19.3 Å². The summed E-state index contributed by atoms with van der Waals surface area (Å²) in [5.74, 6) is 0.0174. The van der Waals surface area contributed by atoms with E-state index in [1.807, 2.05) is 23.2 Å². The third-order valence-corrected chi connectivity index (χ3v) is 3.10. The molecule has 88 valence electrons. The maximum absolute atomic E-state index is 11.7. The topological polar surface area (TPSA) is 57.0 Å². The normalized spacial score (nSPS) is 20.1. The van der Waals surface area contributed by atoms with Crippen LogP contribution >= 0.6 is 0 Å². The van der Waals surface area contributed by atoms with Crippen LogP contribution in [-0.4, -0.2) is 28.9 Å². The van der Waals surface area contributed by atoms with E-state index in [9.17, 15) is 4.79 Å². The molecule has 2 rings (SSSR count).